The zero-order chi connectivity index (χ0) is 15.9. The molecule has 1 aliphatic rings. The summed E-state index contributed by atoms with van der Waals surface area (Å²) >= 11 is 0. The first-order valence-electron chi connectivity index (χ1n) is 8.44. The number of aromatic nitrogens is 1. The average Bonchev–Trinajstić information content (AvgIpc) is 2.87. The number of hydrogen-bond acceptors (Lipinski definition) is 5. The van der Waals surface area contributed by atoms with Gasteiger partial charge in [-0.2, -0.15) is 0 Å². The molecule has 3 heterocycles. The highest BCUT2D eigenvalue weighted by atomic mass is 16.4. The molecule has 1 aliphatic heterocycles. The highest BCUT2D eigenvalue weighted by Crippen LogP contribution is 2.18. The highest BCUT2D eigenvalue weighted by molar-refractivity contribution is 5.41. The number of furan rings is 1. The molecule has 1 saturated heterocycles. The molecule has 0 aliphatic carbocycles. The third-order valence-corrected chi connectivity index (χ3v) is 4.24. The molecule has 1 fully saturated rings. The molecule has 2 aromatic rings. The van der Waals surface area contributed by atoms with Gasteiger partial charge in [0.2, 0.25) is 0 Å². The van der Waals surface area contributed by atoms with Crippen molar-refractivity contribution < 1.29 is 9.52 Å². The molecule has 3 rings (SSSR count). The molecule has 2 aromatic heterocycles. The number of nitrogens with one attached hydrogen (secondary N) is 1. The Morgan fingerprint density at radius 3 is 2.57 bits per heavy atom. The van der Waals surface area contributed by atoms with Crippen LogP contribution in [0.1, 0.15) is 42.8 Å². The smallest absolute Gasteiger partial charge is 0.129 e. The molecule has 0 spiro atoms. The fourth-order valence-electron chi connectivity index (χ4n) is 2.98. The summed E-state index contributed by atoms with van der Waals surface area (Å²) in [6.45, 7) is 3.60. The third-order valence-electron chi connectivity index (χ3n) is 4.24. The van der Waals surface area contributed by atoms with Crippen LogP contribution in [0.5, 0.6) is 0 Å². The lowest BCUT2D eigenvalue weighted by atomic mass is 10.2. The minimum Gasteiger partial charge on any atom is -0.462 e. The van der Waals surface area contributed by atoms with Crippen LogP contribution in [0.15, 0.2) is 34.9 Å². The lowest BCUT2D eigenvalue weighted by molar-refractivity contribution is 0.242. The predicted molar refractivity (Wildman–Crippen MR) is 90.1 cm³/mol. The van der Waals surface area contributed by atoms with E-state index in [2.05, 4.69) is 27.3 Å². The van der Waals surface area contributed by atoms with E-state index in [1.807, 2.05) is 12.3 Å². The topological polar surface area (TPSA) is 61.5 Å². The van der Waals surface area contributed by atoms with E-state index >= 15 is 0 Å². The van der Waals surface area contributed by atoms with E-state index in [1.165, 1.54) is 31.2 Å². The van der Waals surface area contributed by atoms with Crippen molar-refractivity contribution in [3.63, 3.8) is 0 Å². The van der Waals surface area contributed by atoms with E-state index in [9.17, 15) is 0 Å². The van der Waals surface area contributed by atoms with Crippen LogP contribution in [0.25, 0.3) is 0 Å². The quantitative estimate of drug-likeness (QED) is 0.858. The molecule has 0 amide bonds. The predicted octanol–water partition coefficient (Wildman–Crippen LogP) is 2.84. The Morgan fingerprint density at radius 1 is 1.04 bits per heavy atom. The van der Waals surface area contributed by atoms with Crippen molar-refractivity contribution in [1.29, 1.82) is 0 Å². The zero-order valence-electron chi connectivity index (χ0n) is 13.5. The average molecular weight is 315 g/mol. The number of nitrogens with zero attached hydrogens (tertiary/aromatic N) is 2. The molecule has 0 radical (unpaired) electrons. The molecule has 0 unspecified atom stereocenters. The molecule has 2 N–H and O–H groups in total. The normalized spacial score (nSPS) is 15.6. The first-order chi connectivity index (χ1) is 11.3. The second kappa shape index (κ2) is 8.13. The largest absolute Gasteiger partial charge is 0.462 e. The highest BCUT2D eigenvalue weighted by Gasteiger charge is 2.11. The number of aliphatic hydroxyl groups is 1. The minimum absolute atomic E-state index is 0.0520. The van der Waals surface area contributed by atoms with E-state index in [0.717, 1.165) is 31.2 Å². The summed E-state index contributed by atoms with van der Waals surface area (Å²) < 4.78 is 5.47. The molecule has 23 heavy (non-hydrogen) atoms. The molecule has 5 heteroatoms. The zero-order valence-corrected chi connectivity index (χ0v) is 13.5. The molecule has 0 aromatic carbocycles. The number of hydrogen-bond donors (Lipinski definition) is 2. The van der Waals surface area contributed by atoms with E-state index < -0.39 is 0 Å². The second-order valence-corrected chi connectivity index (χ2v) is 6.05. The van der Waals surface area contributed by atoms with Gasteiger partial charge in [0.15, 0.2) is 0 Å². The Bertz CT molecular complexity index is 604. The van der Waals surface area contributed by atoms with E-state index in [1.54, 1.807) is 6.07 Å². The Labute approximate surface area is 137 Å². The van der Waals surface area contributed by atoms with Gasteiger partial charge in [-0.05, 0) is 42.7 Å². The maximum atomic E-state index is 9.00. The molecular formula is C18H25N3O2. The summed E-state index contributed by atoms with van der Waals surface area (Å²) in [6.07, 6.45) is 7.08. The lowest BCUT2D eigenvalue weighted by Crippen LogP contribution is -2.25. The molecule has 0 saturated carbocycles. The summed E-state index contributed by atoms with van der Waals surface area (Å²) in [4.78, 5) is 6.94. The van der Waals surface area contributed by atoms with Gasteiger partial charge in [-0.15, -0.1) is 0 Å². The van der Waals surface area contributed by atoms with Gasteiger partial charge in [-0.25, -0.2) is 4.98 Å². The molecule has 0 atom stereocenters. The van der Waals surface area contributed by atoms with Crippen LogP contribution in [0.3, 0.4) is 0 Å². The van der Waals surface area contributed by atoms with Crippen LogP contribution in [-0.2, 0) is 19.7 Å². The number of rotatable bonds is 6. The third kappa shape index (κ3) is 4.56. The van der Waals surface area contributed by atoms with Crippen molar-refractivity contribution in [3.8, 4) is 0 Å². The van der Waals surface area contributed by atoms with Gasteiger partial charge < -0.3 is 19.7 Å². The molecule has 5 nitrogen and oxygen atoms in total. The fourth-order valence-corrected chi connectivity index (χ4v) is 2.98. The number of pyridine rings is 1. The van der Waals surface area contributed by atoms with Crippen molar-refractivity contribution in [1.82, 2.24) is 10.3 Å². The van der Waals surface area contributed by atoms with Crippen molar-refractivity contribution >= 4 is 5.82 Å². The van der Waals surface area contributed by atoms with Crippen molar-refractivity contribution in [2.24, 2.45) is 0 Å². The number of aliphatic hydroxyl groups excluding tert-OH is 1. The lowest BCUT2D eigenvalue weighted by Gasteiger charge is -2.21. The second-order valence-electron chi connectivity index (χ2n) is 6.05. The summed E-state index contributed by atoms with van der Waals surface area (Å²) in [6, 6.07) is 7.93. The van der Waals surface area contributed by atoms with Crippen molar-refractivity contribution in [3.05, 3.63) is 47.5 Å². The van der Waals surface area contributed by atoms with Gasteiger partial charge >= 0.3 is 0 Å². The van der Waals surface area contributed by atoms with Gasteiger partial charge in [0, 0.05) is 25.8 Å². The molecular weight excluding hydrogens is 290 g/mol. The number of anilines is 1. The van der Waals surface area contributed by atoms with Gasteiger partial charge in [-0.3, -0.25) is 0 Å². The SMILES string of the molecule is OCc1ccc(CNCc2ccnc(N3CCCCCC3)c2)o1. The Kier molecular flexibility index (Phi) is 5.66. The fraction of sp³-hybridized carbons (Fsp3) is 0.500. The van der Waals surface area contributed by atoms with Crippen LogP contribution < -0.4 is 10.2 Å². The van der Waals surface area contributed by atoms with E-state index in [0.29, 0.717) is 12.3 Å². The first kappa shape index (κ1) is 16.0. The van der Waals surface area contributed by atoms with Crippen LogP contribution in [0.4, 0.5) is 5.82 Å². The van der Waals surface area contributed by atoms with Gasteiger partial charge in [0.1, 0.15) is 23.9 Å². The van der Waals surface area contributed by atoms with Crippen LogP contribution in [-0.4, -0.2) is 23.2 Å². The van der Waals surface area contributed by atoms with Crippen LogP contribution in [0.2, 0.25) is 0 Å². The monoisotopic (exact) mass is 315 g/mol. The first-order valence-corrected chi connectivity index (χ1v) is 8.44. The van der Waals surface area contributed by atoms with E-state index in [4.69, 9.17) is 9.52 Å². The maximum Gasteiger partial charge on any atom is 0.129 e. The maximum absolute atomic E-state index is 9.00. The molecule has 124 valence electrons. The van der Waals surface area contributed by atoms with Gasteiger partial charge in [0.25, 0.3) is 0 Å². The van der Waals surface area contributed by atoms with Gasteiger partial charge in [0.05, 0.1) is 6.54 Å². The Balaban J connectivity index is 1.54. The van der Waals surface area contributed by atoms with Crippen LogP contribution in [0, 0.1) is 0 Å². The molecule has 0 bridgehead atoms. The standard InChI is InChI=1S/C18H25N3O2/c22-14-17-6-5-16(23-17)13-19-12-15-7-8-20-18(11-15)21-9-3-1-2-4-10-21/h5-8,11,19,22H,1-4,9-10,12-14H2. The van der Waals surface area contributed by atoms with Crippen molar-refractivity contribution in [2.45, 2.75) is 45.4 Å². The Hall–Kier alpha value is -1.85. The van der Waals surface area contributed by atoms with Gasteiger partial charge in [-0.1, -0.05) is 12.8 Å². The summed E-state index contributed by atoms with van der Waals surface area (Å²) in [5, 5.41) is 12.4. The summed E-state index contributed by atoms with van der Waals surface area (Å²) in [7, 11) is 0. The summed E-state index contributed by atoms with van der Waals surface area (Å²) in [5.74, 6) is 2.54. The van der Waals surface area contributed by atoms with Crippen molar-refractivity contribution in [2.75, 3.05) is 18.0 Å². The minimum atomic E-state index is -0.0520. The Morgan fingerprint density at radius 2 is 1.83 bits per heavy atom. The van der Waals surface area contributed by atoms with E-state index in [-0.39, 0.29) is 6.61 Å². The summed E-state index contributed by atoms with van der Waals surface area (Å²) in [5.41, 5.74) is 1.23. The van der Waals surface area contributed by atoms with Crippen LogP contribution >= 0.6 is 0 Å².